The average Bonchev–Trinajstić information content (AvgIpc) is 2.82. The second-order valence-electron chi connectivity index (χ2n) is 3.44. The Morgan fingerprint density at radius 1 is 1.53 bits per heavy atom. The highest BCUT2D eigenvalue weighted by molar-refractivity contribution is 6.32. The van der Waals surface area contributed by atoms with E-state index in [1.165, 1.54) is 6.33 Å². The molecule has 17 heavy (non-hydrogen) atoms. The smallest absolute Gasteiger partial charge is 0.156 e. The number of aldehydes is 1. The molecule has 0 aromatic carbocycles. The first-order valence-electron chi connectivity index (χ1n) is 4.93. The molecule has 0 aliphatic rings. The molecule has 0 aliphatic carbocycles. The van der Waals surface area contributed by atoms with Crippen LogP contribution in [-0.4, -0.2) is 26.5 Å². The average molecular weight is 252 g/mol. The molecule has 88 valence electrons. The van der Waals surface area contributed by atoms with Crippen molar-refractivity contribution >= 4 is 23.7 Å². The lowest BCUT2D eigenvalue weighted by atomic mass is 10.2. The van der Waals surface area contributed by atoms with E-state index in [2.05, 4.69) is 25.5 Å². The van der Waals surface area contributed by atoms with Crippen molar-refractivity contribution in [1.29, 1.82) is 0 Å². The van der Waals surface area contributed by atoms with E-state index in [0.29, 0.717) is 12.1 Å². The van der Waals surface area contributed by atoms with Gasteiger partial charge in [0.05, 0.1) is 17.8 Å². The number of nitrogens with zero attached hydrogens (tertiary/aromatic N) is 3. The molecule has 0 fully saturated rings. The van der Waals surface area contributed by atoms with Crippen LogP contribution in [0.25, 0.3) is 0 Å². The predicted molar refractivity (Wildman–Crippen MR) is 63.1 cm³/mol. The fourth-order valence-electron chi connectivity index (χ4n) is 1.38. The number of aromatic amines is 1. The highest BCUT2D eigenvalue weighted by Gasteiger charge is 2.12. The van der Waals surface area contributed by atoms with Gasteiger partial charge in [-0.2, -0.15) is 5.10 Å². The van der Waals surface area contributed by atoms with Gasteiger partial charge in [0, 0.05) is 11.8 Å². The first kappa shape index (κ1) is 11.5. The third kappa shape index (κ3) is 2.42. The summed E-state index contributed by atoms with van der Waals surface area (Å²) in [6, 6.07) is -0.0431. The molecular weight excluding hydrogens is 242 g/mol. The van der Waals surface area contributed by atoms with E-state index >= 15 is 0 Å². The third-order valence-electron chi connectivity index (χ3n) is 2.33. The summed E-state index contributed by atoms with van der Waals surface area (Å²) >= 11 is 5.80. The lowest BCUT2D eigenvalue weighted by Crippen LogP contribution is -2.10. The minimum absolute atomic E-state index is 0.0431. The Balaban J connectivity index is 2.24. The summed E-state index contributed by atoms with van der Waals surface area (Å²) in [5, 5.41) is 9.78. The van der Waals surface area contributed by atoms with Crippen LogP contribution in [0, 0.1) is 0 Å². The number of hydrogen-bond acceptors (Lipinski definition) is 5. The number of hydrogen-bond donors (Lipinski definition) is 2. The molecule has 0 aliphatic heterocycles. The van der Waals surface area contributed by atoms with Crippen LogP contribution >= 0.6 is 11.6 Å². The van der Waals surface area contributed by atoms with E-state index in [4.69, 9.17) is 11.6 Å². The summed E-state index contributed by atoms with van der Waals surface area (Å²) in [5.74, 6) is 0.411. The van der Waals surface area contributed by atoms with E-state index in [9.17, 15) is 4.79 Å². The monoisotopic (exact) mass is 251 g/mol. The fourth-order valence-corrected chi connectivity index (χ4v) is 1.56. The largest absolute Gasteiger partial charge is 0.363 e. The Morgan fingerprint density at radius 2 is 2.35 bits per heavy atom. The predicted octanol–water partition coefficient (Wildman–Crippen LogP) is 1.84. The molecule has 0 saturated heterocycles. The second kappa shape index (κ2) is 4.92. The van der Waals surface area contributed by atoms with Gasteiger partial charge in [-0.25, -0.2) is 9.97 Å². The summed E-state index contributed by atoms with van der Waals surface area (Å²) in [6.07, 6.45) is 5.40. The zero-order valence-electron chi connectivity index (χ0n) is 9.01. The summed E-state index contributed by atoms with van der Waals surface area (Å²) < 4.78 is 0. The zero-order chi connectivity index (χ0) is 12.3. The molecule has 0 saturated carbocycles. The molecule has 0 spiro atoms. The molecule has 6 nitrogen and oxygen atoms in total. The van der Waals surface area contributed by atoms with Gasteiger partial charge in [-0.1, -0.05) is 11.6 Å². The molecule has 2 N–H and O–H groups in total. The number of rotatable bonds is 4. The van der Waals surface area contributed by atoms with Crippen molar-refractivity contribution in [3.8, 4) is 0 Å². The minimum atomic E-state index is -0.0431. The molecule has 2 aromatic rings. The molecule has 1 atom stereocenters. The van der Waals surface area contributed by atoms with E-state index in [1.807, 2.05) is 6.92 Å². The second-order valence-corrected chi connectivity index (χ2v) is 3.80. The van der Waals surface area contributed by atoms with Gasteiger partial charge in [-0.3, -0.25) is 9.89 Å². The van der Waals surface area contributed by atoms with Crippen molar-refractivity contribution in [2.45, 2.75) is 13.0 Å². The molecule has 7 heteroatoms. The van der Waals surface area contributed by atoms with Crippen molar-refractivity contribution in [2.75, 3.05) is 5.32 Å². The van der Waals surface area contributed by atoms with Gasteiger partial charge in [0.2, 0.25) is 0 Å². The number of aromatic nitrogens is 4. The Hall–Kier alpha value is -1.95. The maximum atomic E-state index is 10.9. The summed E-state index contributed by atoms with van der Waals surface area (Å²) in [6.45, 7) is 1.93. The summed E-state index contributed by atoms with van der Waals surface area (Å²) in [4.78, 5) is 18.6. The summed E-state index contributed by atoms with van der Waals surface area (Å²) in [7, 11) is 0. The number of anilines is 1. The molecule has 0 bridgehead atoms. The van der Waals surface area contributed by atoms with Crippen LogP contribution in [0.15, 0.2) is 18.7 Å². The van der Waals surface area contributed by atoms with Crippen molar-refractivity contribution in [3.05, 3.63) is 35.0 Å². The maximum absolute atomic E-state index is 10.9. The van der Waals surface area contributed by atoms with Crippen LogP contribution in [0.4, 0.5) is 5.82 Å². The first-order chi connectivity index (χ1) is 8.22. The van der Waals surface area contributed by atoms with Gasteiger partial charge >= 0.3 is 0 Å². The van der Waals surface area contributed by atoms with Crippen LogP contribution in [0.3, 0.4) is 0 Å². The lowest BCUT2D eigenvalue weighted by molar-refractivity contribution is 0.112. The molecule has 2 heterocycles. The molecule has 2 aromatic heterocycles. The van der Waals surface area contributed by atoms with Gasteiger partial charge in [-0.05, 0) is 6.92 Å². The topological polar surface area (TPSA) is 83.6 Å². The van der Waals surface area contributed by atoms with Crippen molar-refractivity contribution in [2.24, 2.45) is 0 Å². The van der Waals surface area contributed by atoms with E-state index < -0.39 is 0 Å². The molecular formula is C10H10ClN5O. The minimum Gasteiger partial charge on any atom is -0.363 e. The van der Waals surface area contributed by atoms with E-state index in [-0.39, 0.29) is 16.8 Å². The number of carbonyl (C=O) groups is 1. The van der Waals surface area contributed by atoms with Gasteiger partial charge in [0.1, 0.15) is 17.3 Å². The number of H-pyrrole nitrogens is 1. The SMILES string of the molecule is CC(Nc1ncnc(Cl)c1C=O)c1cn[nH]c1. The van der Waals surface area contributed by atoms with Crippen molar-refractivity contribution in [1.82, 2.24) is 20.2 Å². The standard InChI is InChI=1S/C10H10ClN5O/c1-6(7-2-14-15-3-7)16-10-8(4-17)9(11)12-5-13-10/h2-6H,1H3,(H,14,15)(H,12,13,16). The van der Waals surface area contributed by atoms with Crippen LogP contribution in [0.2, 0.25) is 5.15 Å². The zero-order valence-corrected chi connectivity index (χ0v) is 9.77. The van der Waals surface area contributed by atoms with Crippen LogP contribution in [0.1, 0.15) is 28.9 Å². The van der Waals surface area contributed by atoms with Gasteiger partial charge in [0.15, 0.2) is 6.29 Å². The quantitative estimate of drug-likeness (QED) is 0.640. The normalized spacial score (nSPS) is 12.1. The van der Waals surface area contributed by atoms with Crippen LogP contribution in [0.5, 0.6) is 0 Å². The number of nitrogens with one attached hydrogen (secondary N) is 2. The Labute approximate surface area is 102 Å². The van der Waals surface area contributed by atoms with Crippen molar-refractivity contribution in [3.63, 3.8) is 0 Å². The van der Waals surface area contributed by atoms with Crippen molar-refractivity contribution < 1.29 is 4.79 Å². The summed E-state index contributed by atoms with van der Waals surface area (Å²) in [5.41, 5.74) is 1.21. The lowest BCUT2D eigenvalue weighted by Gasteiger charge is -2.13. The van der Waals surface area contributed by atoms with Crippen LogP contribution < -0.4 is 5.32 Å². The Kier molecular flexibility index (Phi) is 3.34. The van der Waals surface area contributed by atoms with Crippen LogP contribution in [-0.2, 0) is 0 Å². The Bertz CT molecular complexity index is 513. The maximum Gasteiger partial charge on any atom is 0.156 e. The van der Waals surface area contributed by atoms with Gasteiger partial charge in [0.25, 0.3) is 0 Å². The molecule has 0 radical (unpaired) electrons. The van der Waals surface area contributed by atoms with Gasteiger partial charge in [-0.15, -0.1) is 0 Å². The Morgan fingerprint density at radius 3 is 3.00 bits per heavy atom. The number of carbonyl (C=O) groups excluding carboxylic acids is 1. The highest BCUT2D eigenvalue weighted by Crippen LogP contribution is 2.22. The molecule has 0 amide bonds. The van der Waals surface area contributed by atoms with E-state index in [0.717, 1.165) is 5.56 Å². The number of halogens is 1. The van der Waals surface area contributed by atoms with Gasteiger partial charge < -0.3 is 5.32 Å². The molecule has 2 rings (SSSR count). The highest BCUT2D eigenvalue weighted by atomic mass is 35.5. The van der Waals surface area contributed by atoms with E-state index in [1.54, 1.807) is 12.4 Å². The third-order valence-corrected chi connectivity index (χ3v) is 2.63. The fraction of sp³-hybridized carbons (Fsp3) is 0.200. The molecule has 1 unspecified atom stereocenters. The first-order valence-corrected chi connectivity index (χ1v) is 5.31.